The molecule has 0 bridgehead atoms. The third kappa shape index (κ3) is 3.17. The van der Waals surface area contributed by atoms with Crippen molar-refractivity contribution in [2.45, 2.75) is 12.8 Å². The number of pyridine rings is 1. The van der Waals surface area contributed by atoms with Crippen LogP contribution in [0.4, 0.5) is 5.69 Å². The number of nitrogens with two attached hydrogens (primary N) is 1. The largest absolute Gasteiger partial charge is 0.398 e. The molecule has 17 heavy (non-hydrogen) atoms. The number of nitrogens with zero attached hydrogens (tertiary/aromatic N) is 1. The molecule has 1 unspecified atom stereocenters. The smallest absolute Gasteiger partial charge is 0.254 e. The van der Waals surface area contributed by atoms with Gasteiger partial charge in [0.15, 0.2) is 0 Å². The summed E-state index contributed by atoms with van der Waals surface area (Å²) in [5, 5.41) is 2.87. The maximum absolute atomic E-state index is 11.8. The standard InChI is InChI=1S/C12H17N3O2/c13-11-3-4-14-7-10(11)12(16)15-6-9-2-1-5-17-8-9/h3-4,7,9H,1-2,5-6,8H2,(H2,13,14)(H,15,16). The minimum atomic E-state index is -0.166. The highest BCUT2D eigenvalue weighted by Crippen LogP contribution is 2.13. The molecule has 1 aromatic rings. The normalized spacial score (nSPS) is 19.9. The van der Waals surface area contributed by atoms with Gasteiger partial charge in [-0.1, -0.05) is 0 Å². The van der Waals surface area contributed by atoms with Gasteiger partial charge >= 0.3 is 0 Å². The lowest BCUT2D eigenvalue weighted by atomic mass is 10.0. The molecule has 1 fully saturated rings. The first kappa shape index (κ1) is 11.9. The summed E-state index contributed by atoms with van der Waals surface area (Å²) >= 11 is 0. The summed E-state index contributed by atoms with van der Waals surface area (Å²) in [5.74, 6) is 0.242. The Labute approximate surface area is 100 Å². The van der Waals surface area contributed by atoms with E-state index >= 15 is 0 Å². The number of anilines is 1. The number of carbonyl (C=O) groups excluding carboxylic acids is 1. The molecule has 5 heteroatoms. The number of carbonyl (C=O) groups is 1. The fourth-order valence-corrected chi connectivity index (χ4v) is 1.90. The third-order valence-corrected chi connectivity index (χ3v) is 2.91. The molecule has 5 nitrogen and oxygen atoms in total. The van der Waals surface area contributed by atoms with E-state index < -0.39 is 0 Å². The van der Waals surface area contributed by atoms with Gasteiger partial charge in [-0.3, -0.25) is 9.78 Å². The Kier molecular flexibility index (Phi) is 3.93. The van der Waals surface area contributed by atoms with Crippen LogP contribution in [0.1, 0.15) is 23.2 Å². The summed E-state index contributed by atoms with van der Waals surface area (Å²) in [6.07, 6.45) is 5.22. The van der Waals surface area contributed by atoms with Crippen molar-refractivity contribution in [2.24, 2.45) is 5.92 Å². The maximum atomic E-state index is 11.8. The quantitative estimate of drug-likeness (QED) is 0.813. The van der Waals surface area contributed by atoms with Crippen LogP contribution in [0, 0.1) is 5.92 Å². The number of amides is 1. The fraction of sp³-hybridized carbons (Fsp3) is 0.500. The number of rotatable bonds is 3. The number of nitrogens with one attached hydrogen (secondary N) is 1. The van der Waals surface area contributed by atoms with Crippen molar-refractivity contribution in [1.29, 1.82) is 0 Å². The van der Waals surface area contributed by atoms with E-state index in [0.717, 1.165) is 26.1 Å². The molecular weight excluding hydrogens is 218 g/mol. The predicted octanol–water partition coefficient (Wildman–Crippen LogP) is 0.820. The Morgan fingerprint density at radius 3 is 3.24 bits per heavy atom. The molecule has 1 aromatic heterocycles. The summed E-state index contributed by atoms with van der Waals surface area (Å²) in [4.78, 5) is 15.7. The molecule has 1 amide bonds. The number of hydrogen-bond donors (Lipinski definition) is 2. The highest BCUT2D eigenvalue weighted by Gasteiger charge is 2.16. The van der Waals surface area contributed by atoms with Gasteiger partial charge in [-0.05, 0) is 24.8 Å². The van der Waals surface area contributed by atoms with Crippen molar-refractivity contribution in [3.05, 3.63) is 24.0 Å². The van der Waals surface area contributed by atoms with Crippen LogP contribution in [-0.4, -0.2) is 30.6 Å². The van der Waals surface area contributed by atoms with E-state index in [1.54, 1.807) is 12.3 Å². The van der Waals surface area contributed by atoms with E-state index in [1.807, 2.05) is 0 Å². The second kappa shape index (κ2) is 5.63. The lowest BCUT2D eigenvalue weighted by Crippen LogP contribution is -2.33. The van der Waals surface area contributed by atoms with Crippen molar-refractivity contribution >= 4 is 11.6 Å². The molecule has 92 valence electrons. The SMILES string of the molecule is Nc1ccncc1C(=O)NCC1CCCOC1. The molecule has 0 saturated carbocycles. The number of hydrogen-bond acceptors (Lipinski definition) is 4. The topological polar surface area (TPSA) is 77.2 Å². The minimum Gasteiger partial charge on any atom is -0.398 e. The first-order valence-electron chi connectivity index (χ1n) is 5.83. The second-order valence-corrected chi connectivity index (χ2v) is 4.26. The Morgan fingerprint density at radius 1 is 1.65 bits per heavy atom. The Bertz CT molecular complexity index is 389. The Morgan fingerprint density at radius 2 is 2.53 bits per heavy atom. The van der Waals surface area contributed by atoms with Gasteiger partial charge in [-0.2, -0.15) is 0 Å². The first-order chi connectivity index (χ1) is 8.27. The van der Waals surface area contributed by atoms with Crippen molar-refractivity contribution < 1.29 is 9.53 Å². The summed E-state index contributed by atoms with van der Waals surface area (Å²) in [6, 6.07) is 1.62. The second-order valence-electron chi connectivity index (χ2n) is 4.26. The van der Waals surface area contributed by atoms with Gasteiger partial charge in [0.05, 0.1) is 12.2 Å². The van der Waals surface area contributed by atoms with Gasteiger partial charge in [-0.15, -0.1) is 0 Å². The maximum Gasteiger partial charge on any atom is 0.254 e. The predicted molar refractivity (Wildman–Crippen MR) is 64.5 cm³/mol. The van der Waals surface area contributed by atoms with E-state index in [4.69, 9.17) is 10.5 Å². The van der Waals surface area contributed by atoms with E-state index in [-0.39, 0.29) is 5.91 Å². The Hall–Kier alpha value is -1.62. The molecule has 0 radical (unpaired) electrons. The third-order valence-electron chi connectivity index (χ3n) is 2.91. The van der Waals surface area contributed by atoms with E-state index in [2.05, 4.69) is 10.3 Å². The van der Waals surface area contributed by atoms with Crippen LogP contribution in [0.3, 0.4) is 0 Å². The molecule has 1 aliphatic heterocycles. The average molecular weight is 235 g/mol. The molecule has 1 saturated heterocycles. The fourth-order valence-electron chi connectivity index (χ4n) is 1.90. The van der Waals surface area contributed by atoms with Crippen molar-refractivity contribution in [3.8, 4) is 0 Å². The van der Waals surface area contributed by atoms with E-state index in [9.17, 15) is 4.79 Å². The molecule has 0 aromatic carbocycles. The monoisotopic (exact) mass is 235 g/mol. The molecule has 0 spiro atoms. The zero-order chi connectivity index (χ0) is 12.1. The van der Waals surface area contributed by atoms with Gasteiger partial charge < -0.3 is 15.8 Å². The lowest BCUT2D eigenvalue weighted by Gasteiger charge is -2.22. The van der Waals surface area contributed by atoms with Gasteiger partial charge in [0.25, 0.3) is 5.91 Å². The summed E-state index contributed by atoms with van der Waals surface area (Å²) in [6.45, 7) is 2.19. The van der Waals surface area contributed by atoms with Gasteiger partial charge in [-0.25, -0.2) is 0 Å². The van der Waals surface area contributed by atoms with Gasteiger partial charge in [0, 0.05) is 31.2 Å². The van der Waals surface area contributed by atoms with Crippen LogP contribution in [0.2, 0.25) is 0 Å². The molecule has 3 N–H and O–H groups in total. The lowest BCUT2D eigenvalue weighted by molar-refractivity contribution is 0.0536. The number of ether oxygens (including phenoxy) is 1. The van der Waals surface area contributed by atoms with E-state index in [0.29, 0.717) is 23.7 Å². The number of nitrogen functional groups attached to an aromatic ring is 1. The highest BCUT2D eigenvalue weighted by molar-refractivity contribution is 5.98. The highest BCUT2D eigenvalue weighted by atomic mass is 16.5. The summed E-state index contributed by atoms with van der Waals surface area (Å²) in [7, 11) is 0. The molecule has 0 aliphatic carbocycles. The van der Waals surface area contributed by atoms with Crippen LogP contribution in [-0.2, 0) is 4.74 Å². The molecular formula is C12H17N3O2. The van der Waals surface area contributed by atoms with Crippen molar-refractivity contribution in [1.82, 2.24) is 10.3 Å². The van der Waals surface area contributed by atoms with Crippen LogP contribution in [0.15, 0.2) is 18.5 Å². The molecule has 1 atom stereocenters. The van der Waals surface area contributed by atoms with Crippen LogP contribution >= 0.6 is 0 Å². The molecule has 1 aliphatic rings. The molecule has 2 rings (SSSR count). The average Bonchev–Trinajstić information content (AvgIpc) is 2.38. The van der Waals surface area contributed by atoms with E-state index in [1.165, 1.54) is 6.20 Å². The summed E-state index contributed by atoms with van der Waals surface area (Å²) in [5.41, 5.74) is 6.60. The van der Waals surface area contributed by atoms with Gasteiger partial charge in [0.2, 0.25) is 0 Å². The van der Waals surface area contributed by atoms with Crippen LogP contribution < -0.4 is 11.1 Å². The Balaban J connectivity index is 1.87. The minimum absolute atomic E-state index is 0.166. The zero-order valence-electron chi connectivity index (χ0n) is 9.69. The zero-order valence-corrected chi connectivity index (χ0v) is 9.69. The van der Waals surface area contributed by atoms with Crippen molar-refractivity contribution in [2.75, 3.05) is 25.5 Å². The first-order valence-corrected chi connectivity index (χ1v) is 5.83. The summed E-state index contributed by atoms with van der Waals surface area (Å²) < 4.78 is 5.36. The molecule has 2 heterocycles. The van der Waals surface area contributed by atoms with Crippen molar-refractivity contribution in [3.63, 3.8) is 0 Å². The number of aromatic nitrogens is 1. The van der Waals surface area contributed by atoms with Crippen LogP contribution in [0.5, 0.6) is 0 Å². The van der Waals surface area contributed by atoms with Crippen LogP contribution in [0.25, 0.3) is 0 Å². The van der Waals surface area contributed by atoms with Gasteiger partial charge in [0.1, 0.15) is 0 Å².